The minimum Gasteiger partial charge on any atom is -0.366 e. The van der Waals surface area contributed by atoms with Crippen LogP contribution in [0.25, 0.3) is 17.0 Å². The molecule has 3 N–H and O–H groups in total. The summed E-state index contributed by atoms with van der Waals surface area (Å²) in [5.41, 5.74) is 9.41. The highest BCUT2D eigenvalue weighted by atomic mass is 16.1. The molecule has 152 valence electrons. The maximum atomic E-state index is 11.8. The quantitative estimate of drug-likeness (QED) is 0.510. The van der Waals surface area contributed by atoms with Crippen LogP contribution in [0.15, 0.2) is 54.7 Å². The number of primary amides is 1. The first-order valence-electron chi connectivity index (χ1n) is 9.88. The summed E-state index contributed by atoms with van der Waals surface area (Å²) < 4.78 is 1.85. The Morgan fingerprint density at radius 3 is 2.57 bits per heavy atom. The number of para-hydroxylation sites is 1. The molecule has 0 saturated heterocycles. The summed E-state index contributed by atoms with van der Waals surface area (Å²) in [5, 5.41) is 3.45. The van der Waals surface area contributed by atoms with Crippen molar-refractivity contribution in [3.63, 3.8) is 0 Å². The van der Waals surface area contributed by atoms with E-state index in [-0.39, 0.29) is 5.92 Å². The van der Waals surface area contributed by atoms with E-state index in [1.807, 2.05) is 42.0 Å². The Kier molecular flexibility index (Phi) is 5.18. The molecule has 7 nitrogen and oxygen atoms in total. The number of nitrogens with one attached hydrogen (secondary N) is 1. The number of aromatic nitrogens is 4. The topological polar surface area (TPSA) is 98.7 Å². The second-order valence-electron chi connectivity index (χ2n) is 7.50. The van der Waals surface area contributed by atoms with Gasteiger partial charge >= 0.3 is 0 Å². The third-order valence-corrected chi connectivity index (χ3v) is 5.05. The van der Waals surface area contributed by atoms with Gasteiger partial charge in [-0.2, -0.15) is 4.98 Å². The highest BCUT2D eigenvalue weighted by molar-refractivity contribution is 6.04. The number of benzene rings is 2. The second-order valence-corrected chi connectivity index (χ2v) is 7.50. The second kappa shape index (κ2) is 7.94. The van der Waals surface area contributed by atoms with Crippen LogP contribution in [0.3, 0.4) is 0 Å². The fourth-order valence-corrected chi connectivity index (χ4v) is 3.50. The van der Waals surface area contributed by atoms with Gasteiger partial charge in [0.1, 0.15) is 17.2 Å². The minimum atomic E-state index is -0.508. The van der Waals surface area contributed by atoms with E-state index in [0.717, 1.165) is 16.9 Å². The first-order chi connectivity index (χ1) is 14.5. The van der Waals surface area contributed by atoms with Crippen molar-refractivity contribution in [1.29, 1.82) is 0 Å². The van der Waals surface area contributed by atoms with Gasteiger partial charge in [-0.15, -0.1) is 0 Å². The third-order valence-electron chi connectivity index (χ3n) is 5.05. The lowest BCUT2D eigenvalue weighted by Crippen LogP contribution is -2.12. The number of imidazole rings is 1. The van der Waals surface area contributed by atoms with Gasteiger partial charge in [-0.3, -0.25) is 9.36 Å². The van der Waals surface area contributed by atoms with Gasteiger partial charge in [-0.1, -0.05) is 50.2 Å². The molecule has 0 spiro atoms. The molecule has 4 aromatic rings. The molecule has 0 atom stereocenters. The van der Waals surface area contributed by atoms with E-state index in [1.165, 1.54) is 5.56 Å². The van der Waals surface area contributed by atoms with Crippen LogP contribution in [0.5, 0.6) is 0 Å². The molecule has 0 fully saturated rings. The molecule has 0 unspecified atom stereocenters. The van der Waals surface area contributed by atoms with Crippen molar-refractivity contribution in [2.45, 2.75) is 33.2 Å². The van der Waals surface area contributed by atoms with Crippen molar-refractivity contribution in [3.05, 3.63) is 77.2 Å². The number of nitrogens with two attached hydrogens (primary N) is 1. The van der Waals surface area contributed by atoms with E-state index in [4.69, 9.17) is 10.7 Å². The number of aryl methyl sites for hydroxylation is 1. The molecule has 0 radical (unpaired) electrons. The lowest BCUT2D eigenvalue weighted by Gasteiger charge is -2.15. The van der Waals surface area contributed by atoms with Crippen LogP contribution in [0.1, 0.15) is 47.1 Å². The molecule has 4 rings (SSSR count). The zero-order valence-electron chi connectivity index (χ0n) is 17.3. The molecule has 30 heavy (non-hydrogen) atoms. The summed E-state index contributed by atoms with van der Waals surface area (Å²) >= 11 is 0. The Balaban J connectivity index is 1.79. The number of rotatable bonds is 6. The van der Waals surface area contributed by atoms with Crippen molar-refractivity contribution >= 4 is 22.8 Å². The number of hydrogen-bond acceptors (Lipinski definition) is 5. The number of carbonyl (C=O) groups is 1. The molecule has 0 bridgehead atoms. The molecule has 0 saturated carbocycles. The van der Waals surface area contributed by atoms with Gasteiger partial charge in [0, 0.05) is 18.3 Å². The average Bonchev–Trinajstić information content (AvgIpc) is 3.08. The van der Waals surface area contributed by atoms with Crippen molar-refractivity contribution in [2.24, 2.45) is 5.73 Å². The Morgan fingerprint density at radius 2 is 1.87 bits per heavy atom. The highest BCUT2D eigenvalue weighted by Crippen LogP contribution is 2.26. The SMILES string of the molecule is Cc1nc2c(C(N)=O)cccc2n1-c1ncc(C(C)C)c(NCc2ccccc2)n1. The third kappa shape index (κ3) is 3.61. The standard InChI is InChI=1S/C23H24N6O/c1-14(2)18-13-26-23(28-22(18)25-12-16-8-5-4-6-9-16)29-15(3)27-20-17(21(24)30)10-7-11-19(20)29/h4-11,13-14H,12H2,1-3H3,(H2,24,30)(H,25,26,28). The van der Waals surface area contributed by atoms with Gasteiger partial charge < -0.3 is 11.1 Å². The lowest BCUT2D eigenvalue weighted by atomic mass is 10.1. The van der Waals surface area contributed by atoms with E-state index in [1.54, 1.807) is 12.1 Å². The van der Waals surface area contributed by atoms with E-state index in [0.29, 0.717) is 29.4 Å². The summed E-state index contributed by atoms with van der Waals surface area (Å²) in [6.45, 7) is 6.75. The van der Waals surface area contributed by atoms with Crippen molar-refractivity contribution in [2.75, 3.05) is 5.32 Å². The zero-order valence-corrected chi connectivity index (χ0v) is 17.3. The predicted molar refractivity (Wildman–Crippen MR) is 118 cm³/mol. The van der Waals surface area contributed by atoms with E-state index >= 15 is 0 Å². The van der Waals surface area contributed by atoms with Gasteiger partial charge in [0.25, 0.3) is 5.91 Å². The summed E-state index contributed by atoms with van der Waals surface area (Å²) in [5.74, 6) is 1.72. The fourth-order valence-electron chi connectivity index (χ4n) is 3.50. The molecular weight excluding hydrogens is 376 g/mol. The summed E-state index contributed by atoms with van der Waals surface area (Å²) in [6, 6.07) is 15.5. The zero-order chi connectivity index (χ0) is 21.3. The molecule has 0 aliphatic carbocycles. The van der Waals surface area contributed by atoms with Gasteiger partial charge in [0.05, 0.1) is 11.1 Å². The number of amides is 1. The summed E-state index contributed by atoms with van der Waals surface area (Å²) in [7, 11) is 0. The predicted octanol–water partition coefficient (Wildman–Crippen LogP) is 3.96. The van der Waals surface area contributed by atoms with Crippen LogP contribution in [0.4, 0.5) is 5.82 Å². The minimum absolute atomic E-state index is 0.263. The number of nitrogens with zero attached hydrogens (tertiary/aromatic N) is 4. The smallest absolute Gasteiger partial charge is 0.250 e. The first-order valence-corrected chi connectivity index (χ1v) is 9.88. The molecule has 2 aromatic heterocycles. The number of fused-ring (bicyclic) bond motifs is 1. The van der Waals surface area contributed by atoms with Crippen LogP contribution >= 0.6 is 0 Å². The Bertz CT molecular complexity index is 1210. The van der Waals surface area contributed by atoms with Crippen LogP contribution < -0.4 is 11.1 Å². The Labute approximate surface area is 175 Å². The lowest BCUT2D eigenvalue weighted by molar-refractivity contribution is 0.100. The molecule has 1 amide bonds. The van der Waals surface area contributed by atoms with Crippen molar-refractivity contribution in [3.8, 4) is 5.95 Å². The van der Waals surface area contributed by atoms with Gasteiger partial charge in [0.15, 0.2) is 0 Å². The van der Waals surface area contributed by atoms with E-state index in [2.05, 4.69) is 41.3 Å². The first kappa shape index (κ1) is 19.6. The maximum Gasteiger partial charge on any atom is 0.250 e. The fraction of sp³-hybridized carbons (Fsp3) is 0.217. The Morgan fingerprint density at radius 1 is 1.10 bits per heavy atom. The average molecular weight is 400 g/mol. The summed E-state index contributed by atoms with van der Waals surface area (Å²) in [4.78, 5) is 25.8. The number of anilines is 1. The van der Waals surface area contributed by atoms with E-state index in [9.17, 15) is 4.79 Å². The largest absolute Gasteiger partial charge is 0.366 e. The number of hydrogen-bond donors (Lipinski definition) is 2. The summed E-state index contributed by atoms with van der Waals surface area (Å²) in [6.07, 6.45) is 1.85. The van der Waals surface area contributed by atoms with Gasteiger partial charge in [-0.05, 0) is 30.5 Å². The highest BCUT2D eigenvalue weighted by Gasteiger charge is 2.18. The molecular formula is C23H24N6O. The normalized spacial score (nSPS) is 11.2. The van der Waals surface area contributed by atoms with E-state index < -0.39 is 5.91 Å². The van der Waals surface area contributed by atoms with Crippen LogP contribution in [0.2, 0.25) is 0 Å². The molecule has 0 aliphatic rings. The Hall–Kier alpha value is -3.74. The van der Waals surface area contributed by atoms with Crippen molar-refractivity contribution < 1.29 is 4.79 Å². The van der Waals surface area contributed by atoms with Crippen LogP contribution in [-0.2, 0) is 6.54 Å². The molecule has 2 aromatic carbocycles. The maximum absolute atomic E-state index is 11.8. The molecule has 0 aliphatic heterocycles. The van der Waals surface area contributed by atoms with Crippen molar-refractivity contribution in [1.82, 2.24) is 19.5 Å². The van der Waals surface area contributed by atoms with Gasteiger partial charge in [0.2, 0.25) is 5.95 Å². The monoisotopic (exact) mass is 400 g/mol. The van der Waals surface area contributed by atoms with Crippen LogP contribution in [-0.4, -0.2) is 25.4 Å². The number of carbonyl (C=O) groups excluding carboxylic acids is 1. The van der Waals surface area contributed by atoms with Crippen LogP contribution in [0, 0.1) is 6.92 Å². The molecule has 7 heteroatoms. The van der Waals surface area contributed by atoms with Gasteiger partial charge in [-0.25, -0.2) is 9.97 Å². The molecule has 2 heterocycles.